The lowest BCUT2D eigenvalue weighted by atomic mass is 10.2. The predicted molar refractivity (Wildman–Crippen MR) is 95.6 cm³/mol. The van der Waals surface area contributed by atoms with Gasteiger partial charge in [-0.3, -0.25) is 4.79 Å². The van der Waals surface area contributed by atoms with E-state index in [-0.39, 0.29) is 5.91 Å². The Morgan fingerprint density at radius 1 is 1.24 bits per heavy atom. The fraction of sp³-hybridized carbons (Fsp3) is 0.438. The Morgan fingerprint density at radius 3 is 2.80 bits per heavy atom. The van der Waals surface area contributed by atoms with E-state index < -0.39 is 0 Å². The van der Waals surface area contributed by atoms with E-state index in [1.54, 1.807) is 22.3 Å². The Labute approximate surface area is 149 Å². The van der Waals surface area contributed by atoms with Crippen molar-refractivity contribution in [3.63, 3.8) is 0 Å². The summed E-state index contributed by atoms with van der Waals surface area (Å²) >= 11 is 1.63. The molecule has 4 heterocycles. The fourth-order valence-corrected chi connectivity index (χ4v) is 3.76. The first-order valence-electron chi connectivity index (χ1n) is 8.35. The van der Waals surface area contributed by atoms with Gasteiger partial charge in [0.25, 0.3) is 0 Å². The number of nitrogens with zero attached hydrogens (tertiary/aromatic N) is 7. The third-order valence-electron chi connectivity index (χ3n) is 4.42. The lowest BCUT2D eigenvalue weighted by molar-refractivity contribution is -0.130. The predicted octanol–water partition coefficient (Wildman–Crippen LogP) is 1.19. The Hall–Kier alpha value is -2.55. The van der Waals surface area contributed by atoms with Crippen molar-refractivity contribution in [1.29, 1.82) is 0 Å². The molecule has 1 saturated heterocycles. The standard InChI is InChI=1S/C16H19N7OS/c1-2-23-16-14(19-20-23)15(17-11-18-16)22-7-5-21(6-8-22)13(24)10-12-4-3-9-25-12/h3-4,9,11H,2,5-8,10H2,1H3. The summed E-state index contributed by atoms with van der Waals surface area (Å²) in [4.78, 5) is 26.3. The maximum atomic E-state index is 12.4. The number of carbonyl (C=O) groups excluding carboxylic acids is 1. The number of anilines is 1. The summed E-state index contributed by atoms with van der Waals surface area (Å²) in [6.07, 6.45) is 2.04. The first-order valence-corrected chi connectivity index (χ1v) is 9.23. The molecule has 130 valence electrons. The van der Waals surface area contributed by atoms with Gasteiger partial charge < -0.3 is 9.80 Å². The topological polar surface area (TPSA) is 80.0 Å². The summed E-state index contributed by atoms with van der Waals surface area (Å²) in [7, 11) is 0. The molecule has 0 atom stereocenters. The molecule has 0 radical (unpaired) electrons. The molecular formula is C16H19N7OS. The van der Waals surface area contributed by atoms with E-state index in [1.165, 1.54) is 0 Å². The molecule has 0 aliphatic carbocycles. The second-order valence-electron chi connectivity index (χ2n) is 5.90. The quantitative estimate of drug-likeness (QED) is 0.698. The molecule has 8 nitrogen and oxygen atoms in total. The minimum absolute atomic E-state index is 0.187. The van der Waals surface area contributed by atoms with Crippen molar-refractivity contribution in [2.45, 2.75) is 19.9 Å². The number of amides is 1. The minimum Gasteiger partial charge on any atom is -0.351 e. The van der Waals surface area contributed by atoms with Crippen LogP contribution in [0.5, 0.6) is 0 Å². The van der Waals surface area contributed by atoms with Crippen molar-refractivity contribution in [2.75, 3.05) is 31.1 Å². The smallest absolute Gasteiger partial charge is 0.227 e. The number of aryl methyl sites for hydroxylation is 1. The third kappa shape index (κ3) is 3.07. The highest BCUT2D eigenvalue weighted by molar-refractivity contribution is 7.10. The molecule has 0 saturated carbocycles. The van der Waals surface area contributed by atoms with Crippen LogP contribution in [0.25, 0.3) is 11.2 Å². The number of thiophene rings is 1. The number of hydrogen-bond donors (Lipinski definition) is 0. The van der Waals surface area contributed by atoms with Crippen LogP contribution >= 0.6 is 11.3 Å². The monoisotopic (exact) mass is 357 g/mol. The van der Waals surface area contributed by atoms with Gasteiger partial charge in [-0.1, -0.05) is 11.3 Å². The molecule has 25 heavy (non-hydrogen) atoms. The molecule has 4 rings (SSSR count). The fourth-order valence-electron chi connectivity index (χ4n) is 3.07. The van der Waals surface area contributed by atoms with Crippen molar-refractivity contribution >= 4 is 34.2 Å². The van der Waals surface area contributed by atoms with Gasteiger partial charge in [-0.15, -0.1) is 16.4 Å². The average Bonchev–Trinajstić information content (AvgIpc) is 3.30. The SMILES string of the molecule is CCn1nnc2c(N3CCN(C(=O)Cc4cccs4)CC3)ncnc21. The molecule has 3 aromatic heterocycles. The summed E-state index contributed by atoms with van der Waals surface area (Å²) < 4.78 is 1.77. The van der Waals surface area contributed by atoms with Gasteiger partial charge in [0, 0.05) is 37.6 Å². The maximum Gasteiger partial charge on any atom is 0.227 e. The van der Waals surface area contributed by atoms with E-state index in [9.17, 15) is 4.79 Å². The van der Waals surface area contributed by atoms with Gasteiger partial charge in [-0.2, -0.15) is 0 Å². The highest BCUT2D eigenvalue weighted by atomic mass is 32.1. The number of rotatable bonds is 4. The molecule has 3 aromatic rings. The van der Waals surface area contributed by atoms with Crippen LogP contribution in [0, 0.1) is 0 Å². The molecule has 1 aliphatic heterocycles. The first-order chi connectivity index (χ1) is 12.3. The van der Waals surface area contributed by atoms with Crippen molar-refractivity contribution in [3.8, 4) is 0 Å². The highest BCUT2D eigenvalue weighted by Gasteiger charge is 2.24. The molecular weight excluding hydrogens is 338 g/mol. The Bertz CT molecular complexity index is 868. The summed E-state index contributed by atoms with van der Waals surface area (Å²) in [5.74, 6) is 0.988. The second-order valence-corrected chi connectivity index (χ2v) is 6.93. The molecule has 1 aliphatic rings. The van der Waals surface area contributed by atoms with Gasteiger partial charge >= 0.3 is 0 Å². The van der Waals surface area contributed by atoms with E-state index in [0.29, 0.717) is 19.5 Å². The number of fused-ring (bicyclic) bond motifs is 1. The van der Waals surface area contributed by atoms with Crippen LogP contribution in [0.3, 0.4) is 0 Å². The van der Waals surface area contributed by atoms with Crippen LogP contribution in [-0.2, 0) is 17.8 Å². The second kappa shape index (κ2) is 6.75. The Balaban J connectivity index is 1.45. The van der Waals surface area contributed by atoms with Gasteiger partial charge in [0.2, 0.25) is 5.91 Å². The minimum atomic E-state index is 0.187. The summed E-state index contributed by atoms with van der Waals surface area (Å²) in [5, 5.41) is 10.4. The van der Waals surface area contributed by atoms with E-state index >= 15 is 0 Å². The van der Waals surface area contributed by atoms with Gasteiger partial charge in [0.05, 0.1) is 6.42 Å². The average molecular weight is 357 g/mol. The van der Waals surface area contributed by atoms with Crippen LogP contribution in [0.4, 0.5) is 5.82 Å². The Kier molecular flexibility index (Phi) is 4.31. The van der Waals surface area contributed by atoms with Gasteiger partial charge in [-0.25, -0.2) is 14.6 Å². The number of aromatic nitrogens is 5. The molecule has 1 fully saturated rings. The normalized spacial score (nSPS) is 15.1. The van der Waals surface area contributed by atoms with Crippen molar-refractivity contribution in [2.24, 2.45) is 0 Å². The number of piperazine rings is 1. The highest BCUT2D eigenvalue weighted by Crippen LogP contribution is 2.22. The van der Waals surface area contributed by atoms with Crippen LogP contribution in [0.2, 0.25) is 0 Å². The zero-order valence-electron chi connectivity index (χ0n) is 14.0. The van der Waals surface area contributed by atoms with E-state index in [2.05, 4.69) is 25.2 Å². The number of carbonyl (C=O) groups is 1. The molecule has 0 aromatic carbocycles. The van der Waals surface area contributed by atoms with Crippen LogP contribution < -0.4 is 4.90 Å². The van der Waals surface area contributed by atoms with Gasteiger partial charge in [0.15, 0.2) is 17.0 Å². The summed E-state index contributed by atoms with van der Waals surface area (Å²) in [6.45, 7) is 5.59. The van der Waals surface area contributed by atoms with Crippen molar-refractivity contribution in [3.05, 3.63) is 28.7 Å². The molecule has 0 unspecified atom stereocenters. The van der Waals surface area contributed by atoms with Gasteiger partial charge in [-0.05, 0) is 18.4 Å². The zero-order valence-corrected chi connectivity index (χ0v) is 14.8. The van der Waals surface area contributed by atoms with Crippen LogP contribution in [-0.4, -0.2) is 61.9 Å². The molecule has 1 amide bonds. The van der Waals surface area contributed by atoms with E-state index in [1.807, 2.05) is 29.3 Å². The van der Waals surface area contributed by atoms with Crippen LogP contribution in [0.15, 0.2) is 23.8 Å². The molecule has 9 heteroatoms. The largest absolute Gasteiger partial charge is 0.351 e. The molecule has 0 spiro atoms. The summed E-state index contributed by atoms with van der Waals surface area (Å²) in [6, 6.07) is 3.99. The summed E-state index contributed by atoms with van der Waals surface area (Å²) in [5.41, 5.74) is 1.48. The molecule has 0 bridgehead atoms. The van der Waals surface area contributed by atoms with Gasteiger partial charge in [0.1, 0.15) is 6.33 Å². The van der Waals surface area contributed by atoms with Crippen molar-refractivity contribution < 1.29 is 4.79 Å². The maximum absolute atomic E-state index is 12.4. The first kappa shape index (κ1) is 15.9. The third-order valence-corrected chi connectivity index (χ3v) is 5.29. The van der Waals surface area contributed by atoms with E-state index in [4.69, 9.17) is 0 Å². The Morgan fingerprint density at radius 2 is 2.08 bits per heavy atom. The van der Waals surface area contributed by atoms with Crippen molar-refractivity contribution in [1.82, 2.24) is 29.9 Å². The lowest BCUT2D eigenvalue weighted by Gasteiger charge is -2.35. The molecule has 0 N–H and O–H groups in total. The van der Waals surface area contributed by atoms with E-state index in [0.717, 1.165) is 41.5 Å². The lowest BCUT2D eigenvalue weighted by Crippen LogP contribution is -2.49. The number of hydrogen-bond acceptors (Lipinski definition) is 7. The van der Waals surface area contributed by atoms with Crippen LogP contribution in [0.1, 0.15) is 11.8 Å². The zero-order chi connectivity index (χ0) is 17.2.